The Hall–Kier alpha value is -1.55. The minimum atomic E-state index is -0.457. The van der Waals surface area contributed by atoms with Crippen LogP contribution in [0.1, 0.15) is 77.1 Å². The van der Waals surface area contributed by atoms with Gasteiger partial charge >= 0.3 is 5.97 Å². The van der Waals surface area contributed by atoms with E-state index in [0.29, 0.717) is 11.6 Å². The van der Waals surface area contributed by atoms with E-state index in [1.54, 1.807) is 0 Å². The number of esters is 1. The Balaban J connectivity index is 1.51. The van der Waals surface area contributed by atoms with Crippen LogP contribution in [0, 0.1) is 5.92 Å². The second-order valence-electron chi connectivity index (χ2n) is 9.85. The molecule has 0 bridgehead atoms. The van der Waals surface area contributed by atoms with Crippen LogP contribution < -0.4 is 4.90 Å². The summed E-state index contributed by atoms with van der Waals surface area (Å²) in [6, 6.07) is 9.41. The standard InChI is InChI=1S/C24H38N2O2/c1-18(2)26(22-7-6-8-22)17-19-13-15-25(16-14-19)21-11-9-20(10-12-21)23(27)28-24(3,4)5/h9-12,18-19,22H,6-8,13-17H2,1-5H3. The largest absolute Gasteiger partial charge is 0.456 e. The quantitative estimate of drug-likeness (QED) is 0.635. The van der Waals surface area contributed by atoms with E-state index in [-0.39, 0.29) is 5.97 Å². The zero-order chi connectivity index (χ0) is 20.3. The van der Waals surface area contributed by atoms with Gasteiger partial charge in [-0.15, -0.1) is 0 Å². The van der Waals surface area contributed by atoms with Crippen LogP contribution in [-0.2, 0) is 4.74 Å². The van der Waals surface area contributed by atoms with Crippen LogP contribution in [0.15, 0.2) is 24.3 Å². The molecule has 1 aromatic carbocycles. The Morgan fingerprint density at radius 3 is 2.18 bits per heavy atom. The molecule has 28 heavy (non-hydrogen) atoms. The fraction of sp³-hybridized carbons (Fsp3) is 0.708. The minimum absolute atomic E-state index is 0.248. The summed E-state index contributed by atoms with van der Waals surface area (Å²) in [4.78, 5) is 17.4. The first-order chi connectivity index (χ1) is 13.2. The van der Waals surface area contributed by atoms with Crippen molar-refractivity contribution in [1.29, 1.82) is 0 Å². The number of benzene rings is 1. The van der Waals surface area contributed by atoms with Crippen molar-refractivity contribution >= 4 is 11.7 Å². The first kappa shape index (κ1) is 21.2. The maximum absolute atomic E-state index is 12.2. The van der Waals surface area contributed by atoms with Crippen molar-refractivity contribution in [3.8, 4) is 0 Å². The third kappa shape index (κ3) is 5.50. The molecule has 2 aliphatic rings. The van der Waals surface area contributed by atoms with E-state index in [1.165, 1.54) is 44.3 Å². The normalized spacial score (nSPS) is 19.2. The Morgan fingerprint density at radius 2 is 1.71 bits per heavy atom. The first-order valence-electron chi connectivity index (χ1n) is 11.1. The smallest absolute Gasteiger partial charge is 0.338 e. The van der Waals surface area contributed by atoms with Crippen molar-refractivity contribution in [2.75, 3.05) is 24.5 Å². The molecular formula is C24H38N2O2. The molecule has 0 radical (unpaired) electrons. The van der Waals surface area contributed by atoms with Crippen molar-refractivity contribution in [3.05, 3.63) is 29.8 Å². The maximum atomic E-state index is 12.2. The Labute approximate surface area is 171 Å². The van der Waals surface area contributed by atoms with E-state index in [9.17, 15) is 4.79 Å². The van der Waals surface area contributed by atoms with Gasteiger partial charge in [0.15, 0.2) is 0 Å². The van der Waals surface area contributed by atoms with Gasteiger partial charge in [0.1, 0.15) is 5.60 Å². The third-order valence-electron chi connectivity index (χ3n) is 6.16. The first-order valence-corrected chi connectivity index (χ1v) is 11.1. The lowest BCUT2D eigenvalue weighted by Gasteiger charge is -2.43. The molecule has 0 atom stereocenters. The van der Waals surface area contributed by atoms with E-state index < -0.39 is 5.60 Å². The second kappa shape index (κ2) is 8.86. The highest BCUT2D eigenvalue weighted by Gasteiger charge is 2.30. The van der Waals surface area contributed by atoms with Crippen molar-refractivity contribution in [3.63, 3.8) is 0 Å². The fourth-order valence-corrected chi connectivity index (χ4v) is 4.32. The number of piperidine rings is 1. The highest BCUT2D eigenvalue weighted by atomic mass is 16.6. The number of hydrogen-bond donors (Lipinski definition) is 0. The lowest BCUT2D eigenvalue weighted by Crippen LogP contribution is -2.48. The molecule has 3 rings (SSSR count). The van der Waals surface area contributed by atoms with Gasteiger partial charge in [-0.25, -0.2) is 4.79 Å². The monoisotopic (exact) mass is 386 g/mol. The molecule has 0 spiro atoms. The predicted octanol–water partition coefficient (Wildman–Crippen LogP) is 5.12. The Kier molecular flexibility index (Phi) is 6.69. The highest BCUT2D eigenvalue weighted by Crippen LogP contribution is 2.30. The molecule has 0 amide bonds. The van der Waals surface area contributed by atoms with Crippen LogP contribution >= 0.6 is 0 Å². The van der Waals surface area contributed by atoms with Crippen molar-refractivity contribution in [1.82, 2.24) is 4.90 Å². The lowest BCUT2D eigenvalue weighted by atomic mass is 9.88. The van der Waals surface area contributed by atoms with Crippen molar-refractivity contribution < 1.29 is 9.53 Å². The summed E-state index contributed by atoms with van der Waals surface area (Å²) >= 11 is 0. The van der Waals surface area contributed by atoms with Crippen LogP contribution in [0.3, 0.4) is 0 Å². The molecule has 156 valence electrons. The van der Waals surface area contributed by atoms with E-state index in [4.69, 9.17) is 4.74 Å². The number of rotatable bonds is 6. The second-order valence-corrected chi connectivity index (χ2v) is 9.85. The molecule has 1 aliphatic carbocycles. The molecule has 1 aliphatic heterocycles. The topological polar surface area (TPSA) is 32.8 Å². The molecule has 0 N–H and O–H groups in total. The van der Waals surface area contributed by atoms with Crippen molar-refractivity contribution in [2.45, 2.75) is 84.4 Å². The third-order valence-corrected chi connectivity index (χ3v) is 6.16. The molecule has 4 heteroatoms. The van der Waals surface area contributed by atoms with Gasteiger partial charge in [-0.3, -0.25) is 4.90 Å². The average Bonchev–Trinajstić information content (AvgIpc) is 2.59. The van der Waals surface area contributed by atoms with Crippen LogP contribution in [0.25, 0.3) is 0 Å². The molecule has 1 saturated carbocycles. The van der Waals surface area contributed by atoms with Gasteiger partial charge in [0.25, 0.3) is 0 Å². The summed E-state index contributed by atoms with van der Waals surface area (Å²) in [6.45, 7) is 13.9. The molecule has 0 aromatic heterocycles. The highest BCUT2D eigenvalue weighted by molar-refractivity contribution is 5.90. The summed E-state index contributed by atoms with van der Waals surface area (Å²) < 4.78 is 5.46. The van der Waals surface area contributed by atoms with Crippen molar-refractivity contribution in [2.24, 2.45) is 5.92 Å². The summed E-state index contributed by atoms with van der Waals surface area (Å²) in [5, 5.41) is 0. The van der Waals surface area contributed by atoms with Crippen LogP contribution in [0.5, 0.6) is 0 Å². The summed E-state index contributed by atoms with van der Waals surface area (Å²) in [6.07, 6.45) is 6.70. The van der Waals surface area contributed by atoms with Gasteiger partial charge in [-0.05, 0) is 90.5 Å². The van der Waals surface area contributed by atoms with Gasteiger partial charge in [0.05, 0.1) is 5.56 Å². The predicted molar refractivity (Wildman–Crippen MR) is 116 cm³/mol. The Morgan fingerprint density at radius 1 is 1.11 bits per heavy atom. The van der Waals surface area contributed by atoms with E-state index in [2.05, 4.69) is 35.8 Å². The molecule has 1 saturated heterocycles. The van der Waals surface area contributed by atoms with Gasteiger partial charge in [-0.1, -0.05) is 6.42 Å². The molecule has 2 fully saturated rings. The summed E-state index contributed by atoms with van der Waals surface area (Å²) in [7, 11) is 0. The number of hydrogen-bond acceptors (Lipinski definition) is 4. The van der Waals surface area contributed by atoms with Gasteiger partial charge in [0.2, 0.25) is 0 Å². The van der Waals surface area contributed by atoms with E-state index in [1.807, 2.05) is 32.9 Å². The molecule has 0 unspecified atom stereocenters. The maximum Gasteiger partial charge on any atom is 0.338 e. The van der Waals surface area contributed by atoms with Crippen LogP contribution in [-0.4, -0.2) is 48.2 Å². The molecule has 1 heterocycles. The lowest BCUT2D eigenvalue weighted by molar-refractivity contribution is 0.00695. The number of nitrogens with zero attached hydrogens (tertiary/aromatic N) is 2. The fourth-order valence-electron chi connectivity index (χ4n) is 4.32. The summed E-state index contributed by atoms with van der Waals surface area (Å²) in [5.41, 5.74) is 1.38. The number of carbonyl (C=O) groups is 1. The Bertz CT molecular complexity index is 636. The molecular weight excluding hydrogens is 348 g/mol. The van der Waals surface area contributed by atoms with Crippen LogP contribution in [0.4, 0.5) is 5.69 Å². The number of anilines is 1. The molecule has 1 aromatic rings. The van der Waals surface area contributed by atoms with E-state index >= 15 is 0 Å². The zero-order valence-electron chi connectivity index (χ0n) is 18.4. The van der Waals surface area contributed by atoms with E-state index in [0.717, 1.165) is 25.0 Å². The number of carbonyl (C=O) groups excluding carboxylic acids is 1. The average molecular weight is 387 g/mol. The van der Waals surface area contributed by atoms with Gasteiger partial charge in [-0.2, -0.15) is 0 Å². The summed E-state index contributed by atoms with van der Waals surface area (Å²) in [5.74, 6) is 0.558. The number of ether oxygens (including phenoxy) is 1. The SMILES string of the molecule is CC(C)N(CC1CCN(c2ccc(C(=O)OC(C)(C)C)cc2)CC1)C1CCC1. The minimum Gasteiger partial charge on any atom is -0.456 e. The van der Waals surface area contributed by atoms with Gasteiger partial charge in [0, 0.05) is 37.4 Å². The van der Waals surface area contributed by atoms with Gasteiger partial charge < -0.3 is 9.64 Å². The van der Waals surface area contributed by atoms with Crippen LogP contribution in [0.2, 0.25) is 0 Å². The molecule has 4 nitrogen and oxygen atoms in total. The zero-order valence-corrected chi connectivity index (χ0v) is 18.4.